The molecule has 0 radical (unpaired) electrons. The first-order valence-corrected chi connectivity index (χ1v) is 6.79. The van der Waals surface area contributed by atoms with Gasteiger partial charge in [0.25, 0.3) is 0 Å². The molecule has 0 heterocycles. The van der Waals surface area contributed by atoms with Gasteiger partial charge in [-0.2, -0.15) is 0 Å². The highest BCUT2D eigenvalue weighted by atomic mass is 79.9. The minimum absolute atomic E-state index is 0.0500. The highest BCUT2D eigenvalue weighted by molar-refractivity contribution is 9.08. The highest BCUT2D eigenvalue weighted by Crippen LogP contribution is 2.32. The maximum absolute atomic E-state index is 10.9. The largest absolute Gasteiger partial charge is 0.487 e. The molecule has 1 saturated carbocycles. The maximum atomic E-state index is 10.9. The molecule has 1 aromatic rings. The van der Waals surface area contributed by atoms with Gasteiger partial charge in [0.15, 0.2) is 5.75 Å². The number of halogens is 1. The summed E-state index contributed by atoms with van der Waals surface area (Å²) in [6.07, 6.45) is 3.59. The van der Waals surface area contributed by atoms with Crippen molar-refractivity contribution in [1.82, 2.24) is 0 Å². The number of alkyl halides is 1. The third-order valence-corrected chi connectivity index (χ3v) is 3.72. The SMILES string of the molecule is O=[N+]([O-])c1ccc(CBr)cc1OCC1CCC1. The fourth-order valence-corrected chi connectivity index (χ4v) is 2.12. The maximum Gasteiger partial charge on any atom is 0.310 e. The number of nitro groups is 1. The smallest absolute Gasteiger partial charge is 0.310 e. The van der Waals surface area contributed by atoms with E-state index in [4.69, 9.17) is 4.74 Å². The Hall–Kier alpha value is -1.10. The van der Waals surface area contributed by atoms with Crippen LogP contribution < -0.4 is 4.74 Å². The topological polar surface area (TPSA) is 52.4 Å². The van der Waals surface area contributed by atoms with Gasteiger partial charge in [0.2, 0.25) is 0 Å². The number of benzene rings is 1. The zero-order chi connectivity index (χ0) is 12.3. The van der Waals surface area contributed by atoms with Crippen LogP contribution in [-0.4, -0.2) is 11.5 Å². The number of nitrogens with zero attached hydrogens (tertiary/aromatic N) is 1. The molecular formula is C12H14BrNO3. The molecule has 1 fully saturated rings. The van der Waals surface area contributed by atoms with Crippen molar-refractivity contribution in [2.75, 3.05) is 6.61 Å². The van der Waals surface area contributed by atoms with Crippen LogP contribution in [0.5, 0.6) is 5.75 Å². The van der Waals surface area contributed by atoms with Crippen molar-refractivity contribution in [2.45, 2.75) is 24.6 Å². The normalized spacial score (nSPS) is 15.4. The van der Waals surface area contributed by atoms with E-state index in [9.17, 15) is 10.1 Å². The summed E-state index contributed by atoms with van der Waals surface area (Å²) in [6.45, 7) is 0.590. The van der Waals surface area contributed by atoms with Crippen LogP contribution in [-0.2, 0) is 5.33 Å². The van der Waals surface area contributed by atoms with Crippen molar-refractivity contribution in [3.05, 3.63) is 33.9 Å². The molecule has 1 aliphatic carbocycles. The van der Waals surface area contributed by atoms with Gasteiger partial charge >= 0.3 is 5.69 Å². The van der Waals surface area contributed by atoms with E-state index in [0.29, 0.717) is 23.6 Å². The molecule has 17 heavy (non-hydrogen) atoms. The van der Waals surface area contributed by atoms with Crippen LogP contribution in [0.25, 0.3) is 0 Å². The minimum Gasteiger partial charge on any atom is -0.487 e. The Kier molecular flexibility index (Phi) is 3.99. The Bertz CT molecular complexity index is 418. The summed E-state index contributed by atoms with van der Waals surface area (Å²) in [6, 6.07) is 4.99. The minimum atomic E-state index is -0.395. The fourth-order valence-electron chi connectivity index (χ4n) is 1.78. The predicted octanol–water partition coefficient (Wildman–Crippen LogP) is 3.67. The van der Waals surface area contributed by atoms with Crippen molar-refractivity contribution in [3.8, 4) is 5.75 Å². The average molecular weight is 300 g/mol. The van der Waals surface area contributed by atoms with Gasteiger partial charge in [0, 0.05) is 11.4 Å². The summed E-state index contributed by atoms with van der Waals surface area (Å²) in [7, 11) is 0. The van der Waals surface area contributed by atoms with Gasteiger partial charge in [-0.15, -0.1) is 0 Å². The van der Waals surface area contributed by atoms with E-state index in [2.05, 4.69) is 15.9 Å². The second kappa shape index (κ2) is 5.49. The lowest BCUT2D eigenvalue weighted by Gasteiger charge is -2.25. The Balaban J connectivity index is 2.12. The Morgan fingerprint density at radius 2 is 2.24 bits per heavy atom. The Morgan fingerprint density at radius 3 is 2.76 bits per heavy atom. The molecule has 0 saturated heterocycles. The van der Waals surface area contributed by atoms with E-state index in [0.717, 1.165) is 5.56 Å². The van der Waals surface area contributed by atoms with Crippen molar-refractivity contribution in [1.29, 1.82) is 0 Å². The van der Waals surface area contributed by atoms with E-state index < -0.39 is 4.92 Å². The summed E-state index contributed by atoms with van der Waals surface area (Å²) >= 11 is 3.33. The molecule has 0 amide bonds. The molecule has 0 spiro atoms. The molecule has 4 nitrogen and oxygen atoms in total. The van der Waals surface area contributed by atoms with Crippen LogP contribution in [0.1, 0.15) is 24.8 Å². The van der Waals surface area contributed by atoms with Crippen LogP contribution in [0.2, 0.25) is 0 Å². The average Bonchev–Trinajstić information content (AvgIpc) is 2.26. The van der Waals surface area contributed by atoms with Crippen LogP contribution in [0.4, 0.5) is 5.69 Å². The van der Waals surface area contributed by atoms with Crippen LogP contribution in [0, 0.1) is 16.0 Å². The summed E-state index contributed by atoms with van der Waals surface area (Å²) < 4.78 is 5.58. The number of hydrogen-bond acceptors (Lipinski definition) is 3. The second-order valence-corrected chi connectivity index (χ2v) is 4.86. The summed E-state index contributed by atoms with van der Waals surface area (Å²) in [5.74, 6) is 0.959. The fraction of sp³-hybridized carbons (Fsp3) is 0.500. The zero-order valence-electron chi connectivity index (χ0n) is 9.39. The van der Waals surface area contributed by atoms with Crippen LogP contribution in [0.15, 0.2) is 18.2 Å². The van der Waals surface area contributed by atoms with Crippen molar-refractivity contribution in [3.63, 3.8) is 0 Å². The van der Waals surface area contributed by atoms with Crippen LogP contribution in [0.3, 0.4) is 0 Å². The van der Waals surface area contributed by atoms with E-state index in [-0.39, 0.29) is 5.69 Å². The van der Waals surface area contributed by atoms with Gasteiger partial charge < -0.3 is 4.74 Å². The zero-order valence-corrected chi connectivity index (χ0v) is 11.0. The number of hydrogen-bond donors (Lipinski definition) is 0. The lowest BCUT2D eigenvalue weighted by Crippen LogP contribution is -2.19. The lowest BCUT2D eigenvalue weighted by molar-refractivity contribution is -0.385. The lowest BCUT2D eigenvalue weighted by atomic mass is 9.86. The molecular weight excluding hydrogens is 286 g/mol. The van der Waals surface area contributed by atoms with E-state index in [1.165, 1.54) is 25.3 Å². The van der Waals surface area contributed by atoms with Gasteiger partial charge in [-0.25, -0.2) is 0 Å². The van der Waals surface area contributed by atoms with Crippen molar-refractivity contribution >= 4 is 21.6 Å². The van der Waals surface area contributed by atoms with Gasteiger partial charge in [0.05, 0.1) is 11.5 Å². The number of nitro benzene ring substituents is 1. The van der Waals surface area contributed by atoms with E-state index in [1.54, 1.807) is 12.1 Å². The molecule has 1 aliphatic rings. The van der Waals surface area contributed by atoms with Crippen molar-refractivity contribution < 1.29 is 9.66 Å². The first-order valence-electron chi connectivity index (χ1n) is 5.67. The molecule has 0 aromatic heterocycles. The first-order chi connectivity index (χ1) is 8.20. The van der Waals surface area contributed by atoms with E-state index in [1.807, 2.05) is 0 Å². The van der Waals surface area contributed by atoms with Gasteiger partial charge in [0.1, 0.15) is 0 Å². The highest BCUT2D eigenvalue weighted by Gasteiger charge is 2.21. The molecule has 1 aromatic carbocycles. The first kappa shape index (κ1) is 12.4. The van der Waals surface area contributed by atoms with Gasteiger partial charge in [-0.1, -0.05) is 28.4 Å². The van der Waals surface area contributed by atoms with Crippen molar-refractivity contribution in [2.24, 2.45) is 5.92 Å². The second-order valence-electron chi connectivity index (χ2n) is 4.30. The third-order valence-electron chi connectivity index (χ3n) is 3.07. The molecule has 5 heteroatoms. The molecule has 92 valence electrons. The molecule has 0 N–H and O–H groups in total. The standard InChI is InChI=1S/C12H14BrNO3/c13-7-10-4-5-11(14(15)16)12(6-10)17-8-9-2-1-3-9/h4-6,9H,1-3,7-8H2. The Morgan fingerprint density at radius 1 is 1.47 bits per heavy atom. The number of ether oxygens (including phenoxy) is 1. The summed E-state index contributed by atoms with van der Waals surface area (Å²) in [5, 5.41) is 11.5. The van der Waals surface area contributed by atoms with E-state index >= 15 is 0 Å². The number of rotatable bonds is 5. The Labute approximate surface area is 108 Å². The van der Waals surface area contributed by atoms with Gasteiger partial charge in [-0.3, -0.25) is 10.1 Å². The monoisotopic (exact) mass is 299 g/mol. The molecule has 0 bridgehead atoms. The van der Waals surface area contributed by atoms with Crippen LogP contribution >= 0.6 is 15.9 Å². The molecule has 0 atom stereocenters. The molecule has 0 unspecified atom stereocenters. The molecule has 2 rings (SSSR count). The summed E-state index contributed by atoms with van der Waals surface area (Å²) in [4.78, 5) is 10.5. The predicted molar refractivity (Wildman–Crippen MR) is 68.6 cm³/mol. The van der Waals surface area contributed by atoms with Gasteiger partial charge in [-0.05, 0) is 30.4 Å². The third kappa shape index (κ3) is 2.97. The molecule has 0 aliphatic heterocycles. The summed E-state index contributed by atoms with van der Waals surface area (Å²) in [5.41, 5.74) is 1.04. The quantitative estimate of drug-likeness (QED) is 0.473.